The smallest absolute Gasteiger partial charge is 0.252 e. The largest absolute Gasteiger partial charge is 0.340 e. The molecule has 11 heteroatoms. The van der Waals surface area contributed by atoms with Crippen molar-refractivity contribution in [3.8, 4) is 0 Å². The van der Waals surface area contributed by atoms with E-state index in [4.69, 9.17) is 5.73 Å². The van der Waals surface area contributed by atoms with E-state index in [1.54, 1.807) is 17.0 Å². The fourth-order valence-electron chi connectivity index (χ4n) is 5.34. The zero-order valence-electron chi connectivity index (χ0n) is 18.3. The van der Waals surface area contributed by atoms with Gasteiger partial charge in [-0.25, -0.2) is 16.8 Å². The van der Waals surface area contributed by atoms with Crippen molar-refractivity contribution in [1.29, 1.82) is 0 Å². The van der Waals surface area contributed by atoms with Gasteiger partial charge in [-0.1, -0.05) is 32.1 Å². The lowest BCUT2D eigenvalue weighted by molar-refractivity contribution is -0.137. The first-order chi connectivity index (χ1) is 15.2. The summed E-state index contributed by atoms with van der Waals surface area (Å²) >= 11 is 1.19. The number of amides is 1. The second-order valence-corrected chi connectivity index (χ2v) is 15.0. The van der Waals surface area contributed by atoms with Gasteiger partial charge in [-0.15, -0.1) is 11.3 Å². The highest BCUT2D eigenvalue weighted by Crippen LogP contribution is 2.39. The lowest BCUT2D eigenvalue weighted by Crippen LogP contribution is -2.53. The van der Waals surface area contributed by atoms with Crippen LogP contribution < -0.4 is 5.73 Å². The van der Waals surface area contributed by atoms with Crippen molar-refractivity contribution in [1.82, 2.24) is 9.21 Å². The number of sulfone groups is 1. The Morgan fingerprint density at radius 2 is 1.75 bits per heavy atom. The summed E-state index contributed by atoms with van der Waals surface area (Å²) in [5.41, 5.74) is 5.68. The third-order valence-electron chi connectivity index (χ3n) is 7.20. The number of hydrogen-bond acceptors (Lipinski definition) is 7. The standard InChI is InChI=1S/C21H33N3O5S3/c22-13-19-6-7-20(30-19)32(28,29)24-14-17(16-4-2-1-3-5-16)12-18(15-24)21(25)23-8-10-31(26,27)11-9-23/h6-7,16-18H,1-5,8-15,22H2/t17-,18-/m1/s1. The van der Waals surface area contributed by atoms with Gasteiger partial charge in [-0.2, -0.15) is 4.31 Å². The number of nitrogens with zero attached hydrogens (tertiary/aromatic N) is 2. The van der Waals surface area contributed by atoms with Crippen LogP contribution in [0.4, 0.5) is 0 Å². The minimum absolute atomic E-state index is 0.0173. The van der Waals surface area contributed by atoms with Gasteiger partial charge >= 0.3 is 0 Å². The van der Waals surface area contributed by atoms with Crippen molar-refractivity contribution in [2.24, 2.45) is 23.5 Å². The minimum atomic E-state index is -3.71. The molecule has 32 heavy (non-hydrogen) atoms. The van der Waals surface area contributed by atoms with E-state index in [0.717, 1.165) is 30.6 Å². The van der Waals surface area contributed by atoms with E-state index in [9.17, 15) is 21.6 Å². The van der Waals surface area contributed by atoms with Gasteiger partial charge in [0.15, 0.2) is 9.84 Å². The van der Waals surface area contributed by atoms with Gasteiger partial charge in [0.1, 0.15) is 4.21 Å². The fraction of sp³-hybridized carbons (Fsp3) is 0.762. The second-order valence-electron chi connectivity index (χ2n) is 9.31. The van der Waals surface area contributed by atoms with Gasteiger partial charge in [0.05, 0.1) is 17.4 Å². The Morgan fingerprint density at radius 3 is 2.38 bits per heavy atom. The molecule has 1 saturated carbocycles. The summed E-state index contributed by atoms with van der Waals surface area (Å²) in [6, 6.07) is 3.36. The predicted molar refractivity (Wildman–Crippen MR) is 124 cm³/mol. The summed E-state index contributed by atoms with van der Waals surface area (Å²) in [7, 11) is -6.80. The molecule has 180 valence electrons. The number of carbonyl (C=O) groups excluding carboxylic acids is 1. The van der Waals surface area contributed by atoms with E-state index < -0.39 is 25.8 Å². The van der Waals surface area contributed by atoms with Crippen LogP contribution in [-0.2, 0) is 31.2 Å². The number of rotatable bonds is 5. The first-order valence-electron chi connectivity index (χ1n) is 11.5. The Balaban J connectivity index is 1.56. The Morgan fingerprint density at radius 1 is 1.06 bits per heavy atom. The Bertz CT molecular complexity index is 1020. The van der Waals surface area contributed by atoms with Crippen molar-refractivity contribution < 1.29 is 21.6 Å². The highest BCUT2D eigenvalue weighted by molar-refractivity contribution is 7.91. The average molecular weight is 504 g/mol. The normalized spacial score (nSPS) is 28.0. The summed E-state index contributed by atoms with van der Waals surface area (Å²) in [5.74, 6) is 0.0132. The van der Waals surface area contributed by atoms with Gasteiger partial charge in [0.2, 0.25) is 5.91 Å². The van der Waals surface area contributed by atoms with E-state index in [-0.39, 0.29) is 47.2 Å². The summed E-state index contributed by atoms with van der Waals surface area (Å²) < 4.78 is 52.3. The molecule has 1 amide bonds. The highest BCUT2D eigenvalue weighted by Gasteiger charge is 2.42. The van der Waals surface area contributed by atoms with E-state index in [0.29, 0.717) is 25.4 Å². The van der Waals surface area contributed by atoms with E-state index in [1.807, 2.05) is 0 Å². The van der Waals surface area contributed by atoms with E-state index >= 15 is 0 Å². The number of thiophene rings is 1. The maximum atomic E-state index is 13.5. The molecule has 4 rings (SSSR count). The van der Waals surface area contributed by atoms with Crippen LogP contribution in [0.2, 0.25) is 0 Å². The molecule has 3 aliphatic rings. The predicted octanol–water partition coefficient (Wildman–Crippen LogP) is 1.67. The topological polar surface area (TPSA) is 118 Å². The molecule has 2 atom stereocenters. The molecule has 1 aromatic rings. The Hall–Kier alpha value is -1.01. The van der Waals surface area contributed by atoms with Gasteiger partial charge in [0.25, 0.3) is 10.0 Å². The monoisotopic (exact) mass is 503 g/mol. The molecule has 1 aromatic heterocycles. The molecule has 0 spiro atoms. The fourth-order valence-corrected chi connectivity index (χ4v) is 9.48. The van der Waals surface area contributed by atoms with Crippen molar-refractivity contribution in [3.63, 3.8) is 0 Å². The van der Waals surface area contributed by atoms with E-state index in [1.165, 1.54) is 22.1 Å². The van der Waals surface area contributed by atoms with Crippen LogP contribution in [0.1, 0.15) is 43.4 Å². The van der Waals surface area contributed by atoms with Gasteiger partial charge in [-0.05, 0) is 30.4 Å². The van der Waals surface area contributed by atoms with Gasteiger partial charge in [-0.3, -0.25) is 4.79 Å². The number of carbonyl (C=O) groups is 1. The zero-order chi connectivity index (χ0) is 22.9. The van der Waals surface area contributed by atoms with Gasteiger partial charge in [0, 0.05) is 37.6 Å². The first kappa shape index (κ1) is 24.1. The number of piperidine rings is 1. The first-order valence-corrected chi connectivity index (χ1v) is 15.6. The summed E-state index contributed by atoms with van der Waals surface area (Å²) in [6.07, 6.45) is 6.36. The Labute approximate surface area is 195 Å². The lowest BCUT2D eigenvalue weighted by Gasteiger charge is -2.42. The maximum absolute atomic E-state index is 13.5. The highest BCUT2D eigenvalue weighted by atomic mass is 32.2. The molecule has 3 fully saturated rings. The van der Waals surface area contributed by atoms with Crippen LogP contribution in [0.5, 0.6) is 0 Å². The molecule has 0 radical (unpaired) electrons. The van der Waals surface area contributed by atoms with Crippen molar-refractivity contribution in [2.75, 3.05) is 37.7 Å². The van der Waals surface area contributed by atoms with Crippen molar-refractivity contribution in [3.05, 3.63) is 17.0 Å². The quantitative estimate of drug-likeness (QED) is 0.653. The molecular weight excluding hydrogens is 470 g/mol. The summed E-state index contributed by atoms with van der Waals surface area (Å²) in [4.78, 5) is 15.8. The number of nitrogens with two attached hydrogens (primary N) is 1. The maximum Gasteiger partial charge on any atom is 0.252 e. The third kappa shape index (κ3) is 5.22. The number of sulfonamides is 1. The van der Waals surface area contributed by atoms with Crippen LogP contribution in [0.3, 0.4) is 0 Å². The van der Waals surface area contributed by atoms with Crippen LogP contribution in [0.25, 0.3) is 0 Å². The number of hydrogen-bond donors (Lipinski definition) is 1. The van der Waals surface area contributed by atoms with Gasteiger partial charge < -0.3 is 10.6 Å². The molecule has 1 aliphatic carbocycles. The molecular formula is C21H33N3O5S3. The van der Waals surface area contributed by atoms with Crippen LogP contribution in [-0.4, -0.2) is 69.6 Å². The van der Waals surface area contributed by atoms with Crippen LogP contribution in [0, 0.1) is 17.8 Å². The molecule has 2 saturated heterocycles. The molecule has 8 nitrogen and oxygen atoms in total. The van der Waals surface area contributed by atoms with E-state index in [2.05, 4.69) is 0 Å². The van der Waals surface area contributed by atoms with Crippen molar-refractivity contribution in [2.45, 2.75) is 49.3 Å². The average Bonchev–Trinajstić information content (AvgIpc) is 3.29. The van der Waals surface area contributed by atoms with Crippen LogP contribution >= 0.6 is 11.3 Å². The molecule has 2 N–H and O–H groups in total. The van der Waals surface area contributed by atoms with Crippen molar-refractivity contribution >= 4 is 37.1 Å². The molecule has 3 heterocycles. The minimum Gasteiger partial charge on any atom is -0.340 e. The molecule has 0 unspecified atom stereocenters. The lowest BCUT2D eigenvalue weighted by atomic mass is 9.74. The zero-order valence-corrected chi connectivity index (χ0v) is 20.8. The summed E-state index contributed by atoms with van der Waals surface area (Å²) in [5, 5.41) is 0. The SMILES string of the molecule is NCc1ccc(S(=O)(=O)N2C[C@H](C(=O)N3CCS(=O)(=O)CC3)C[C@@H](C3CCCCC3)C2)s1. The molecule has 2 aliphatic heterocycles. The summed E-state index contributed by atoms with van der Waals surface area (Å²) in [6.45, 7) is 1.29. The Kier molecular flexibility index (Phi) is 7.31. The second kappa shape index (κ2) is 9.69. The molecule has 0 bridgehead atoms. The van der Waals surface area contributed by atoms with Crippen LogP contribution in [0.15, 0.2) is 16.3 Å². The molecule has 0 aromatic carbocycles. The third-order valence-corrected chi connectivity index (χ3v) is 12.2.